The first kappa shape index (κ1) is 9.62. The van der Waals surface area contributed by atoms with E-state index in [2.05, 4.69) is 11.1 Å². The van der Waals surface area contributed by atoms with Crippen LogP contribution in [0.15, 0.2) is 24.3 Å². The van der Waals surface area contributed by atoms with E-state index in [-0.39, 0.29) is 6.10 Å². The summed E-state index contributed by atoms with van der Waals surface area (Å²) in [5.74, 6) is 0. The average Bonchev–Trinajstić information content (AvgIpc) is 2.57. The van der Waals surface area contributed by atoms with Gasteiger partial charge in [-0.05, 0) is 26.0 Å². The van der Waals surface area contributed by atoms with Crippen LogP contribution >= 0.6 is 11.3 Å². The van der Waals surface area contributed by atoms with Crippen molar-refractivity contribution >= 4 is 21.6 Å². The minimum Gasteiger partial charge on any atom is -0.372 e. The zero-order chi connectivity index (χ0) is 9.97. The van der Waals surface area contributed by atoms with Gasteiger partial charge >= 0.3 is 0 Å². The zero-order valence-electron chi connectivity index (χ0n) is 8.36. The molecule has 0 radical (unpaired) electrons. The fourth-order valence-electron chi connectivity index (χ4n) is 1.22. The number of rotatable bonds is 3. The molecule has 0 atom stereocenters. The van der Waals surface area contributed by atoms with Crippen molar-refractivity contribution in [2.45, 2.75) is 26.6 Å². The molecular formula is C11H13NOS. The van der Waals surface area contributed by atoms with E-state index in [1.54, 1.807) is 11.3 Å². The second-order valence-corrected chi connectivity index (χ2v) is 4.55. The fraction of sp³-hybridized carbons (Fsp3) is 0.364. The van der Waals surface area contributed by atoms with Crippen molar-refractivity contribution in [1.82, 2.24) is 4.98 Å². The van der Waals surface area contributed by atoms with Crippen molar-refractivity contribution in [3.63, 3.8) is 0 Å². The number of nitrogens with zero attached hydrogens (tertiary/aromatic N) is 1. The van der Waals surface area contributed by atoms with Crippen LogP contribution in [0.3, 0.4) is 0 Å². The third-order valence-corrected chi connectivity index (χ3v) is 2.89. The smallest absolute Gasteiger partial charge is 0.120 e. The molecule has 0 saturated carbocycles. The van der Waals surface area contributed by atoms with Crippen molar-refractivity contribution < 1.29 is 4.74 Å². The highest BCUT2D eigenvalue weighted by Crippen LogP contribution is 2.22. The number of thiazole rings is 1. The highest BCUT2D eigenvalue weighted by Gasteiger charge is 2.03. The van der Waals surface area contributed by atoms with Gasteiger partial charge in [-0.1, -0.05) is 12.1 Å². The van der Waals surface area contributed by atoms with Crippen molar-refractivity contribution in [1.29, 1.82) is 0 Å². The van der Waals surface area contributed by atoms with Gasteiger partial charge in [-0.2, -0.15) is 0 Å². The van der Waals surface area contributed by atoms with E-state index in [0.29, 0.717) is 6.61 Å². The molecule has 2 rings (SSSR count). The van der Waals surface area contributed by atoms with Gasteiger partial charge in [0, 0.05) is 0 Å². The van der Waals surface area contributed by atoms with Crippen molar-refractivity contribution in [2.75, 3.05) is 0 Å². The average molecular weight is 207 g/mol. The predicted octanol–water partition coefficient (Wildman–Crippen LogP) is 3.22. The summed E-state index contributed by atoms with van der Waals surface area (Å²) >= 11 is 1.70. The summed E-state index contributed by atoms with van der Waals surface area (Å²) in [6.07, 6.45) is 0.266. The molecule has 0 aliphatic rings. The Balaban J connectivity index is 2.19. The first-order valence-electron chi connectivity index (χ1n) is 4.72. The molecule has 0 amide bonds. The fourth-order valence-corrected chi connectivity index (χ4v) is 2.11. The maximum Gasteiger partial charge on any atom is 0.120 e. The molecule has 0 unspecified atom stereocenters. The van der Waals surface area contributed by atoms with Crippen LogP contribution in [0.5, 0.6) is 0 Å². The highest BCUT2D eigenvalue weighted by molar-refractivity contribution is 7.18. The molecule has 2 nitrogen and oxygen atoms in total. The number of ether oxygens (including phenoxy) is 1. The minimum absolute atomic E-state index is 0.266. The molecule has 0 saturated heterocycles. The van der Waals surface area contributed by atoms with Gasteiger partial charge in [0.05, 0.1) is 22.9 Å². The molecule has 14 heavy (non-hydrogen) atoms. The van der Waals surface area contributed by atoms with Crippen LogP contribution in [0.2, 0.25) is 0 Å². The Kier molecular flexibility index (Phi) is 2.79. The van der Waals surface area contributed by atoms with Gasteiger partial charge in [0.1, 0.15) is 5.01 Å². The van der Waals surface area contributed by atoms with Gasteiger partial charge in [-0.3, -0.25) is 0 Å². The Bertz CT molecular complexity index is 389. The molecule has 2 aromatic rings. The predicted molar refractivity (Wildman–Crippen MR) is 59.5 cm³/mol. The number of para-hydroxylation sites is 1. The van der Waals surface area contributed by atoms with Gasteiger partial charge in [-0.25, -0.2) is 4.98 Å². The Hall–Kier alpha value is -0.930. The Morgan fingerprint density at radius 2 is 2.14 bits per heavy atom. The lowest BCUT2D eigenvalue weighted by Crippen LogP contribution is -2.01. The van der Waals surface area contributed by atoms with Crippen molar-refractivity contribution in [3.05, 3.63) is 29.3 Å². The van der Waals surface area contributed by atoms with Gasteiger partial charge in [0.25, 0.3) is 0 Å². The highest BCUT2D eigenvalue weighted by atomic mass is 32.1. The van der Waals surface area contributed by atoms with E-state index in [1.165, 1.54) is 4.70 Å². The van der Waals surface area contributed by atoms with Gasteiger partial charge in [0.15, 0.2) is 0 Å². The SMILES string of the molecule is CC(C)OCc1nc2ccccc2s1. The van der Waals surface area contributed by atoms with E-state index in [4.69, 9.17) is 4.74 Å². The van der Waals surface area contributed by atoms with Crippen molar-refractivity contribution in [3.8, 4) is 0 Å². The number of aromatic nitrogens is 1. The lowest BCUT2D eigenvalue weighted by Gasteiger charge is -2.03. The molecule has 0 aliphatic carbocycles. The third kappa shape index (κ3) is 2.11. The van der Waals surface area contributed by atoms with E-state index in [1.807, 2.05) is 32.0 Å². The Morgan fingerprint density at radius 3 is 2.86 bits per heavy atom. The van der Waals surface area contributed by atoms with Crippen LogP contribution in [0, 0.1) is 0 Å². The number of hydrogen-bond acceptors (Lipinski definition) is 3. The lowest BCUT2D eigenvalue weighted by atomic mass is 10.3. The van der Waals surface area contributed by atoms with Gasteiger partial charge in [0.2, 0.25) is 0 Å². The molecular weight excluding hydrogens is 194 g/mol. The summed E-state index contributed by atoms with van der Waals surface area (Å²) in [4.78, 5) is 4.48. The van der Waals surface area contributed by atoms with Gasteiger partial charge in [-0.15, -0.1) is 11.3 Å². The number of hydrogen-bond donors (Lipinski definition) is 0. The van der Waals surface area contributed by atoms with Crippen LogP contribution in [0.25, 0.3) is 10.2 Å². The Labute approximate surface area is 87.5 Å². The van der Waals surface area contributed by atoms with Crippen LogP contribution in [-0.4, -0.2) is 11.1 Å². The molecule has 1 aromatic carbocycles. The normalized spacial score (nSPS) is 11.4. The second-order valence-electron chi connectivity index (χ2n) is 3.44. The van der Waals surface area contributed by atoms with E-state index >= 15 is 0 Å². The topological polar surface area (TPSA) is 22.1 Å². The maximum atomic E-state index is 5.51. The van der Waals surface area contributed by atoms with E-state index in [0.717, 1.165) is 10.5 Å². The molecule has 74 valence electrons. The van der Waals surface area contributed by atoms with Crippen LogP contribution in [0.1, 0.15) is 18.9 Å². The first-order valence-corrected chi connectivity index (χ1v) is 5.53. The summed E-state index contributed by atoms with van der Waals surface area (Å²) in [6, 6.07) is 8.17. The first-order chi connectivity index (χ1) is 6.75. The summed E-state index contributed by atoms with van der Waals surface area (Å²) < 4.78 is 6.74. The monoisotopic (exact) mass is 207 g/mol. The molecule has 0 N–H and O–H groups in total. The van der Waals surface area contributed by atoms with Crippen molar-refractivity contribution in [2.24, 2.45) is 0 Å². The molecule has 1 heterocycles. The summed E-state index contributed by atoms with van der Waals surface area (Å²) in [6.45, 7) is 4.69. The minimum atomic E-state index is 0.266. The Morgan fingerprint density at radius 1 is 1.36 bits per heavy atom. The maximum absolute atomic E-state index is 5.51. The molecule has 0 fully saturated rings. The zero-order valence-corrected chi connectivity index (χ0v) is 9.17. The molecule has 0 bridgehead atoms. The van der Waals surface area contributed by atoms with Crippen LogP contribution in [0.4, 0.5) is 0 Å². The third-order valence-electron chi connectivity index (χ3n) is 1.88. The quantitative estimate of drug-likeness (QED) is 0.771. The summed E-state index contributed by atoms with van der Waals surface area (Å²) in [7, 11) is 0. The van der Waals surface area contributed by atoms with Crippen LogP contribution in [-0.2, 0) is 11.3 Å². The second kappa shape index (κ2) is 4.07. The molecule has 1 aromatic heterocycles. The number of fused-ring (bicyclic) bond motifs is 1. The molecule has 0 spiro atoms. The van der Waals surface area contributed by atoms with Crippen LogP contribution < -0.4 is 0 Å². The number of benzene rings is 1. The summed E-state index contributed by atoms with van der Waals surface area (Å²) in [5.41, 5.74) is 1.07. The molecule has 0 aliphatic heterocycles. The largest absolute Gasteiger partial charge is 0.372 e. The summed E-state index contributed by atoms with van der Waals surface area (Å²) in [5, 5.41) is 1.06. The lowest BCUT2D eigenvalue weighted by molar-refractivity contribution is 0.0657. The van der Waals surface area contributed by atoms with E-state index in [9.17, 15) is 0 Å². The molecule has 3 heteroatoms. The van der Waals surface area contributed by atoms with Gasteiger partial charge < -0.3 is 4.74 Å². The van der Waals surface area contributed by atoms with E-state index < -0.39 is 0 Å². The standard InChI is InChI=1S/C11H13NOS/c1-8(2)13-7-11-12-9-5-3-4-6-10(9)14-11/h3-6,8H,7H2,1-2H3.